The molecule has 3 fully saturated rings. The Morgan fingerprint density at radius 3 is 2.11 bits per heavy atom. The van der Waals surface area contributed by atoms with Crippen molar-refractivity contribution in [3.63, 3.8) is 0 Å². The maximum absolute atomic E-state index is 15.1. The van der Waals surface area contributed by atoms with Gasteiger partial charge in [0, 0.05) is 43.6 Å². The third kappa shape index (κ3) is 6.05. The first kappa shape index (κ1) is 39.3. The molecule has 1 heterocycles. The summed E-state index contributed by atoms with van der Waals surface area (Å²) in [5.41, 5.74) is -5.09. The molecule has 2 unspecified atom stereocenters. The molecule has 290 valence electrons. The Morgan fingerprint density at radius 1 is 0.944 bits per heavy atom. The number of carbonyl (C=O) groups excluding carboxylic acids is 5. The molecule has 11 atom stereocenters. The number of hydrogen-bond donors (Lipinski definition) is 4. The monoisotopic (exact) mass is 747 g/mol. The molecule has 13 heteroatoms. The van der Waals surface area contributed by atoms with E-state index in [-0.39, 0.29) is 25.0 Å². The number of nitrogens with one attached hydrogen (secondary N) is 1. The predicted octanol–water partition coefficient (Wildman–Crippen LogP) is 3.15. The van der Waals surface area contributed by atoms with Crippen molar-refractivity contribution in [3.05, 3.63) is 82.9 Å². The summed E-state index contributed by atoms with van der Waals surface area (Å²) in [5.74, 6) is -5.76. The van der Waals surface area contributed by atoms with Crippen molar-refractivity contribution < 1.29 is 58.2 Å². The second-order valence-electron chi connectivity index (χ2n) is 16.0. The smallest absolute Gasteiger partial charge is 0.338 e. The van der Waals surface area contributed by atoms with E-state index in [0.717, 1.165) is 6.92 Å². The number of amides is 1. The summed E-state index contributed by atoms with van der Waals surface area (Å²) in [6.45, 7) is 10.6. The lowest BCUT2D eigenvalue weighted by atomic mass is 9.42. The molecule has 4 N–H and O–H groups in total. The molecular formula is C41H49NO12. The van der Waals surface area contributed by atoms with Gasteiger partial charge >= 0.3 is 17.9 Å². The topological polar surface area (TPSA) is 195 Å². The highest BCUT2D eigenvalue weighted by Crippen LogP contribution is 2.65. The van der Waals surface area contributed by atoms with Crippen molar-refractivity contribution in [1.82, 2.24) is 5.32 Å². The predicted molar refractivity (Wildman–Crippen MR) is 191 cm³/mol. The second kappa shape index (κ2) is 14.0. The summed E-state index contributed by atoms with van der Waals surface area (Å²) in [5, 5.41) is 39.3. The number of ketones is 1. The van der Waals surface area contributed by atoms with Crippen molar-refractivity contribution in [2.75, 3.05) is 6.61 Å². The minimum atomic E-state index is -1.92. The van der Waals surface area contributed by atoms with Crippen LogP contribution >= 0.6 is 0 Å². The van der Waals surface area contributed by atoms with E-state index in [9.17, 15) is 34.5 Å². The minimum Gasteiger partial charge on any atom is -0.456 e. The van der Waals surface area contributed by atoms with Crippen LogP contribution in [0.4, 0.5) is 0 Å². The van der Waals surface area contributed by atoms with Gasteiger partial charge in [-0.15, -0.1) is 0 Å². The molecule has 2 saturated carbocycles. The van der Waals surface area contributed by atoms with Crippen LogP contribution in [0.2, 0.25) is 0 Å². The number of fused-ring (bicyclic) bond motifs is 5. The largest absolute Gasteiger partial charge is 0.456 e. The molecule has 13 nitrogen and oxygen atoms in total. The Morgan fingerprint density at radius 2 is 1.56 bits per heavy atom. The quantitative estimate of drug-likeness (QED) is 0.175. The molecule has 0 radical (unpaired) electrons. The maximum Gasteiger partial charge on any atom is 0.338 e. The van der Waals surface area contributed by atoms with Gasteiger partial charge in [-0.1, -0.05) is 69.3 Å². The highest BCUT2D eigenvalue weighted by molar-refractivity contribution is 5.96. The van der Waals surface area contributed by atoms with Crippen LogP contribution in [0.5, 0.6) is 0 Å². The summed E-state index contributed by atoms with van der Waals surface area (Å²) in [4.78, 5) is 67.8. The highest BCUT2D eigenvalue weighted by atomic mass is 16.6. The summed E-state index contributed by atoms with van der Waals surface area (Å²) in [7, 11) is 0. The van der Waals surface area contributed by atoms with Crippen molar-refractivity contribution in [3.8, 4) is 0 Å². The third-order valence-corrected chi connectivity index (χ3v) is 12.7. The van der Waals surface area contributed by atoms with Gasteiger partial charge in [0.25, 0.3) is 5.91 Å². The number of ether oxygens (including phenoxy) is 4. The summed E-state index contributed by atoms with van der Waals surface area (Å²) in [6.07, 6.45) is -7.23. The van der Waals surface area contributed by atoms with E-state index in [1.807, 2.05) is 0 Å². The van der Waals surface area contributed by atoms with Crippen LogP contribution in [0.3, 0.4) is 0 Å². The molecule has 2 bridgehead atoms. The summed E-state index contributed by atoms with van der Waals surface area (Å²) in [6, 6.07) is 15.5. The molecular weight excluding hydrogens is 698 g/mol. The van der Waals surface area contributed by atoms with Crippen molar-refractivity contribution in [1.29, 1.82) is 0 Å². The first-order valence-corrected chi connectivity index (χ1v) is 18.2. The molecule has 2 aromatic carbocycles. The number of Topliss-reactive ketones (excluding diaryl/α,β-unsaturated/α-hetero) is 1. The van der Waals surface area contributed by atoms with Gasteiger partial charge in [-0.2, -0.15) is 0 Å². The number of carbonyl (C=O) groups is 5. The van der Waals surface area contributed by atoms with E-state index in [1.165, 1.54) is 6.92 Å². The Labute approximate surface area is 314 Å². The highest BCUT2D eigenvalue weighted by Gasteiger charge is 2.76. The molecule has 2 aromatic rings. The summed E-state index contributed by atoms with van der Waals surface area (Å²) < 4.78 is 23.7. The molecule has 1 amide bonds. The second-order valence-corrected chi connectivity index (χ2v) is 16.0. The third-order valence-electron chi connectivity index (χ3n) is 12.7. The van der Waals surface area contributed by atoms with E-state index in [2.05, 4.69) is 5.32 Å². The zero-order chi connectivity index (χ0) is 39.5. The first-order chi connectivity index (χ1) is 25.3. The number of hydrogen-bond acceptors (Lipinski definition) is 12. The zero-order valence-corrected chi connectivity index (χ0v) is 31.5. The number of aliphatic hydroxyl groups is 3. The van der Waals surface area contributed by atoms with Crippen LogP contribution in [-0.2, 0) is 38.1 Å². The normalized spacial score (nSPS) is 35.0. The molecule has 0 spiro atoms. The van der Waals surface area contributed by atoms with E-state index in [4.69, 9.17) is 18.9 Å². The molecule has 6 rings (SSSR count). The van der Waals surface area contributed by atoms with Crippen molar-refractivity contribution in [2.24, 2.45) is 22.7 Å². The van der Waals surface area contributed by atoms with E-state index >= 15 is 4.79 Å². The Balaban J connectivity index is 1.44. The van der Waals surface area contributed by atoms with Gasteiger partial charge in [-0.3, -0.25) is 19.2 Å². The fourth-order valence-electron chi connectivity index (χ4n) is 9.91. The fourth-order valence-corrected chi connectivity index (χ4v) is 9.91. The van der Waals surface area contributed by atoms with Crippen LogP contribution in [-0.4, -0.2) is 93.2 Å². The van der Waals surface area contributed by atoms with Crippen LogP contribution in [0.15, 0.2) is 71.8 Å². The van der Waals surface area contributed by atoms with Gasteiger partial charge in [0.05, 0.1) is 29.8 Å². The molecule has 0 aromatic heterocycles. The van der Waals surface area contributed by atoms with Gasteiger partial charge in [0.15, 0.2) is 23.6 Å². The zero-order valence-electron chi connectivity index (χ0n) is 31.5. The number of benzene rings is 2. The van der Waals surface area contributed by atoms with Crippen LogP contribution in [0.1, 0.15) is 83.3 Å². The first-order valence-electron chi connectivity index (χ1n) is 18.2. The van der Waals surface area contributed by atoms with Crippen LogP contribution in [0.25, 0.3) is 0 Å². The van der Waals surface area contributed by atoms with Gasteiger partial charge in [0.1, 0.15) is 12.2 Å². The lowest BCUT2D eigenvalue weighted by Crippen LogP contribution is -2.79. The maximum atomic E-state index is 15.1. The van der Waals surface area contributed by atoms with Gasteiger partial charge in [0.2, 0.25) is 0 Å². The summed E-state index contributed by atoms with van der Waals surface area (Å²) >= 11 is 0. The van der Waals surface area contributed by atoms with Gasteiger partial charge < -0.3 is 39.6 Å². The Kier molecular flexibility index (Phi) is 10.2. The Bertz CT molecular complexity index is 1860. The Hall–Kier alpha value is -4.43. The lowest BCUT2D eigenvalue weighted by Gasteiger charge is -2.68. The van der Waals surface area contributed by atoms with E-state index in [1.54, 1.807) is 95.3 Å². The minimum absolute atomic E-state index is 0.0487. The fraction of sp³-hybridized carbons (Fsp3) is 0.537. The van der Waals surface area contributed by atoms with Crippen LogP contribution < -0.4 is 5.32 Å². The molecule has 1 aliphatic heterocycles. The van der Waals surface area contributed by atoms with Gasteiger partial charge in [-0.05, 0) is 48.6 Å². The van der Waals surface area contributed by atoms with Crippen molar-refractivity contribution >= 4 is 29.6 Å². The van der Waals surface area contributed by atoms with E-state index < -0.39 is 100 Å². The SMILES string of the molecule is CC(=O)OC1C(=O)[C@@]2(C)[C@H]([C@H](C)[C@]3(O)C[C@H](OC(=O)[C@H](O)C(NC(=O)c4ccccc4)c4ccccc4)C(C)=C1C3(C)C)[C@]1(OC(C)=O)CO[C@@H]1C[C@@H]2O. The average molecular weight is 748 g/mol. The number of esters is 3. The van der Waals surface area contributed by atoms with Crippen LogP contribution in [0, 0.1) is 22.7 Å². The lowest BCUT2D eigenvalue weighted by molar-refractivity contribution is -0.338. The molecule has 4 aliphatic rings. The number of aliphatic hydroxyl groups excluding tert-OH is 2. The van der Waals surface area contributed by atoms with E-state index in [0.29, 0.717) is 16.7 Å². The van der Waals surface area contributed by atoms with Crippen molar-refractivity contribution in [2.45, 2.75) is 109 Å². The molecule has 54 heavy (non-hydrogen) atoms. The standard InChI is InChI=1S/C41H49NO12/c1-21-27(53-37(49)32(46)31(25-14-10-8-11-15-25)42-36(48)26-16-12-9-13-17-26)19-41(50)22(2)34-39(7,28(45)18-29-40(34,20-51-29)54-24(4)44)35(47)33(52-23(3)43)30(21)38(41,5)6/h8-17,22,27-29,31-34,45-46,50H,18-20H2,1-7H3,(H,42,48)/t22-,27-,28-,29+,31?,32+,33?,34-,39+,40-,41+/m0/s1. The number of rotatable bonds is 8. The molecule has 1 saturated heterocycles. The molecule has 3 aliphatic carbocycles. The average Bonchev–Trinajstić information content (AvgIpc) is 3.12. The van der Waals surface area contributed by atoms with Gasteiger partial charge in [-0.25, -0.2) is 4.79 Å².